The van der Waals surface area contributed by atoms with Gasteiger partial charge in [0.15, 0.2) is 0 Å². The zero-order chi connectivity index (χ0) is 17.5. The number of nitrogens with zero attached hydrogens (tertiary/aromatic N) is 2. The molecule has 0 N–H and O–H groups in total. The maximum absolute atomic E-state index is 4.12. The first-order chi connectivity index (χ1) is 12.2. The molecule has 0 bridgehead atoms. The van der Waals surface area contributed by atoms with Crippen LogP contribution in [0.5, 0.6) is 0 Å². The number of benzene rings is 1. The highest BCUT2D eigenvalue weighted by molar-refractivity contribution is 5.48. The Morgan fingerprint density at radius 2 is 1.84 bits per heavy atom. The van der Waals surface area contributed by atoms with Gasteiger partial charge in [0.2, 0.25) is 0 Å². The van der Waals surface area contributed by atoms with Crippen molar-refractivity contribution < 1.29 is 0 Å². The van der Waals surface area contributed by atoms with E-state index in [1.54, 1.807) is 5.57 Å². The fourth-order valence-electron chi connectivity index (χ4n) is 3.80. The average molecular weight is 337 g/mol. The molecular weight excluding hydrogens is 304 g/mol. The Labute approximate surface area is 153 Å². The van der Waals surface area contributed by atoms with E-state index in [1.165, 1.54) is 63.1 Å². The van der Waals surface area contributed by atoms with Gasteiger partial charge in [0.25, 0.3) is 0 Å². The topological polar surface area (TPSA) is 6.48 Å². The summed E-state index contributed by atoms with van der Waals surface area (Å²) >= 11 is 0. The molecule has 0 amide bonds. The summed E-state index contributed by atoms with van der Waals surface area (Å²) in [5, 5.41) is 0. The van der Waals surface area contributed by atoms with Crippen molar-refractivity contribution >= 4 is 6.08 Å². The Bertz CT molecular complexity index is 606. The van der Waals surface area contributed by atoms with E-state index in [2.05, 4.69) is 71.9 Å². The van der Waals surface area contributed by atoms with Crippen molar-refractivity contribution in [1.82, 2.24) is 9.80 Å². The van der Waals surface area contributed by atoms with E-state index in [4.69, 9.17) is 0 Å². The summed E-state index contributed by atoms with van der Waals surface area (Å²) < 4.78 is 0. The largest absolute Gasteiger partial charge is 0.297 e. The quantitative estimate of drug-likeness (QED) is 0.699. The van der Waals surface area contributed by atoms with Crippen LogP contribution in [0.25, 0.3) is 6.08 Å². The van der Waals surface area contributed by atoms with E-state index in [0.29, 0.717) is 0 Å². The smallest absolute Gasteiger partial charge is 0.0193 e. The van der Waals surface area contributed by atoms with E-state index in [9.17, 15) is 0 Å². The Balaban J connectivity index is 1.37. The Hall–Kier alpha value is -1.64. The van der Waals surface area contributed by atoms with Crippen LogP contribution in [0.15, 0.2) is 60.2 Å². The first-order valence-corrected chi connectivity index (χ1v) is 9.70. The standard InChI is InChI=1S/C23H32N2/c1-20(2)23-12-10-22(11-13-23)19-25-17-15-24(16-18-25)14-6-9-21-7-4-3-5-8-21/h3-10,23H,1,11-19H2,2H3/t23-/m1/s1. The molecule has 1 aromatic rings. The van der Waals surface area contributed by atoms with Crippen LogP contribution in [0, 0.1) is 5.92 Å². The predicted molar refractivity (Wildman–Crippen MR) is 109 cm³/mol. The van der Waals surface area contributed by atoms with Crippen molar-refractivity contribution in [2.75, 3.05) is 39.3 Å². The molecule has 2 heteroatoms. The summed E-state index contributed by atoms with van der Waals surface area (Å²) in [4.78, 5) is 5.19. The molecule has 2 nitrogen and oxygen atoms in total. The molecule has 1 aromatic carbocycles. The van der Waals surface area contributed by atoms with Crippen LogP contribution in [-0.2, 0) is 0 Å². The summed E-state index contributed by atoms with van der Waals surface area (Å²) in [7, 11) is 0. The van der Waals surface area contributed by atoms with Gasteiger partial charge in [-0.05, 0) is 37.7 Å². The Kier molecular flexibility index (Phi) is 6.66. The van der Waals surface area contributed by atoms with E-state index in [0.717, 1.165) is 12.5 Å². The zero-order valence-electron chi connectivity index (χ0n) is 15.7. The highest BCUT2D eigenvalue weighted by atomic mass is 15.3. The van der Waals surface area contributed by atoms with Crippen molar-refractivity contribution in [2.24, 2.45) is 5.92 Å². The van der Waals surface area contributed by atoms with Crippen molar-refractivity contribution in [3.05, 3.63) is 65.8 Å². The first-order valence-electron chi connectivity index (χ1n) is 9.70. The molecule has 2 aliphatic rings. The maximum atomic E-state index is 4.12. The maximum Gasteiger partial charge on any atom is 0.0193 e. The lowest BCUT2D eigenvalue weighted by molar-refractivity contribution is 0.150. The molecule has 0 saturated carbocycles. The summed E-state index contributed by atoms with van der Waals surface area (Å²) in [5.41, 5.74) is 4.29. The van der Waals surface area contributed by atoms with Gasteiger partial charge >= 0.3 is 0 Å². The lowest BCUT2D eigenvalue weighted by atomic mass is 9.85. The van der Waals surface area contributed by atoms with E-state index < -0.39 is 0 Å². The Morgan fingerprint density at radius 3 is 2.48 bits per heavy atom. The van der Waals surface area contributed by atoms with Crippen molar-refractivity contribution in [3.63, 3.8) is 0 Å². The van der Waals surface area contributed by atoms with Crippen molar-refractivity contribution in [2.45, 2.75) is 26.2 Å². The number of rotatable bonds is 6. The van der Waals surface area contributed by atoms with Crippen LogP contribution in [0.1, 0.15) is 31.7 Å². The summed E-state index contributed by atoms with van der Waals surface area (Å²) in [6.07, 6.45) is 10.8. The third kappa shape index (κ3) is 5.69. The minimum Gasteiger partial charge on any atom is -0.297 e. The molecule has 1 aliphatic heterocycles. The highest BCUT2D eigenvalue weighted by Crippen LogP contribution is 2.28. The molecular formula is C23H32N2. The molecule has 1 heterocycles. The number of piperazine rings is 1. The van der Waals surface area contributed by atoms with Crippen LogP contribution in [0.2, 0.25) is 0 Å². The van der Waals surface area contributed by atoms with Gasteiger partial charge in [-0.3, -0.25) is 9.80 Å². The molecule has 25 heavy (non-hydrogen) atoms. The first kappa shape index (κ1) is 18.2. The van der Waals surface area contributed by atoms with Gasteiger partial charge in [-0.25, -0.2) is 0 Å². The Morgan fingerprint density at radius 1 is 1.12 bits per heavy atom. The number of allylic oxidation sites excluding steroid dienone is 2. The third-order valence-electron chi connectivity index (χ3n) is 5.57. The number of hydrogen-bond donors (Lipinski definition) is 0. The minimum absolute atomic E-state index is 0.719. The fourth-order valence-corrected chi connectivity index (χ4v) is 3.80. The number of hydrogen-bond acceptors (Lipinski definition) is 2. The lowest BCUT2D eigenvalue weighted by Gasteiger charge is -2.35. The normalized spacial score (nSPS) is 22.9. The van der Waals surface area contributed by atoms with Crippen LogP contribution in [0.3, 0.4) is 0 Å². The van der Waals surface area contributed by atoms with Gasteiger partial charge in [0.05, 0.1) is 0 Å². The van der Waals surface area contributed by atoms with Gasteiger partial charge in [0.1, 0.15) is 0 Å². The van der Waals surface area contributed by atoms with Gasteiger partial charge in [-0.1, -0.05) is 66.3 Å². The molecule has 0 aromatic heterocycles. The van der Waals surface area contributed by atoms with E-state index in [-0.39, 0.29) is 0 Å². The molecule has 1 fully saturated rings. The molecule has 134 valence electrons. The van der Waals surface area contributed by atoms with Crippen molar-refractivity contribution in [3.8, 4) is 0 Å². The lowest BCUT2D eigenvalue weighted by Crippen LogP contribution is -2.46. The van der Waals surface area contributed by atoms with Crippen LogP contribution < -0.4 is 0 Å². The van der Waals surface area contributed by atoms with Crippen LogP contribution in [0.4, 0.5) is 0 Å². The van der Waals surface area contributed by atoms with E-state index in [1.807, 2.05) is 0 Å². The molecule has 1 aliphatic carbocycles. The SMILES string of the molecule is C=C(C)[C@@H]1CC=C(CN2CCN(CC=Cc3ccccc3)CC2)CC1. The highest BCUT2D eigenvalue weighted by Gasteiger charge is 2.19. The van der Waals surface area contributed by atoms with Gasteiger partial charge < -0.3 is 0 Å². The monoisotopic (exact) mass is 336 g/mol. The predicted octanol–water partition coefficient (Wildman–Crippen LogP) is 4.62. The molecule has 0 radical (unpaired) electrons. The second kappa shape index (κ2) is 9.17. The zero-order valence-corrected chi connectivity index (χ0v) is 15.7. The molecule has 0 unspecified atom stereocenters. The minimum atomic E-state index is 0.719. The summed E-state index contributed by atoms with van der Waals surface area (Å²) in [5.74, 6) is 0.719. The summed E-state index contributed by atoms with van der Waals surface area (Å²) in [6, 6.07) is 10.6. The second-order valence-electron chi connectivity index (χ2n) is 7.57. The second-order valence-corrected chi connectivity index (χ2v) is 7.57. The van der Waals surface area contributed by atoms with Gasteiger partial charge in [-0.15, -0.1) is 0 Å². The fraction of sp³-hybridized carbons (Fsp3) is 0.478. The van der Waals surface area contributed by atoms with Gasteiger partial charge in [0, 0.05) is 39.3 Å². The van der Waals surface area contributed by atoms with E-state index >= 15 is 0 Å². The summed E-state index contributed by atoms with van der Waals surface area (Å²) in [6.45, 7) is 13.3. The average Bonchev–Trinajstić information content (AvgIpc) is 2.64. The van der Waals surface area contributed by atoms with Gasteiger partial charge in [-0.2, -0.15) is 0 Å². The molecule has 1 saturated heterocycles. The molecule has 1 atom stereocenters. The van der Waals surface area contributed by atoms with Crippen LogP contribution in [-0.4, -0.2) is 49.1 Å². The third-order valence-corrected chi connectivity index (χ3v) is 5.57. The van der Waals surface area contributed by atoms with Crippen molar-refractivity contribution in [1.29, 1.82) is 0 Å². The molecule has 0 spiro atoms. The molecule has 3 rings (SSSR count). The van der Waals surface area contributed by atoms with Crippen LogP contribution >= 0.6 is 0 Å².